The molecule has 158 valence electrons. The molecule has 31 heavy (non-hydrogen) atoms. The van der Waals surface area contributed by atoms with E-state index in [1.807, 2.05) is 0 Å². The van der Waals surface area contributed by atoms with Crippen molar-refractivity contribution in [1.82, 2.24) is 19.9 Å². The molecule has 3 aromatic heterocycles. The number of allylic oxidation sites excluding steroid dienone is 1. The molecular formula is C21H19N5O4S. The molecule has 1 saturated heterocycles. The van der Waals surface area contributed by atoms with Gasteiger partial charge in [-0.15, -0.1) is 11.3 Å². The number of nitrogens with zero attached hydrogens (tertiary/aromatic N) is 4. The molecule has 10 heteroatoms. The highest BCUT2D eigenvalue weighted by Crippen LogP contribution is 2.34. The van der Waals surface area contributed by atoms with Gasteiger partial charge in [0.05, 0.1) is 47.3 Å². The van der Waals surface area contributed by atoms with Crippen molar-refractivity contribution in [3.63, 3.8) is 0 Å². The number of aromatic amines is 1. The van der Waals surface area contributed by atoms with Crippen LogP contribution in [0.3, 0.4) is 0 Å². The quantitative estimate of drug-likeness (QED) is 0.370. The van der Waals surface area contributed by atoms with Gasteiger partial charge in [0.15, 0.2) is 0 Å². The van der Waals surface area contributed by atoms with Crippen LogP contribution in [0.4, 0.5) is 0 Å². The smallest absolute Gasteiger partial charge is 0.295 e. The number of ketones is 1. The number of thiazole rings is 1. The van der Waals surface area contributed by atoms with Crippen molar-refractivity contribution < 1.29 is 19.1 Å². The summed E-state index contributed by atoms with van der Waals surface area (Å²) in [5.41, 5.74) is 3.98. The molecule has 0 saturated carbocycles. The van der Waals surface area contributed by atoms with Gasteiger partial charge in [0.1, 0.15) is 17.3 Å². The number of nitrogens with one attached hydrogen (secondary N) is 1. The lowest BCUT2D eigenvalue weighted by Gasteiger charge is -2.28. The zero-order chi connectivity index (χ0) is 22.0. The van der Waals surface area contributed by atoms with E-state index in [2.05, 4.69) is 21.0 Å². The number of nitriles is 1. The van der Waals surface area contributed by atoms with Crippen LogP contribution in [0.5, 0.6) is 11.6 Å². The molecule has 0 unspecified atom stereocenters. The van der Waals surface area contributed by atoms with Crippen LogP contribution in [-0.2, 0) is 4.79 Å². The van der Waals surface area contributed by atoms with E-state index in [1.165, 1.54) is 42.8 Å². The molecule has 4 rings (SSSR count). The van der Waals surface area contributed by atoms with Gasteiger partial charge < -0.3 is 19.4 Å². The number of H-pyrrole nitrogens is 1. The van der Waals surface area contributed by atoms with Gasteiger partial charge >= 0.3 is 0 Å². The average Bonchev–Trinajstić information content (AvgIpc) is 3.49. The lowest BCUT2D eigenvalue weighted by molar-refractivity contribution is -0.126. The van der Waals surface area contributed by atoms with Crippen molar-refractivity contribution in [2.45, 2.75) is 12.8 Å². The Balaban J connectivity index is 1.57. The molecule has 1 fully saturated rings. The second-order valence-electron chi connectivity index (χ2n) is 6.87. The van der Waals surface area contributed by atoms with Gasteiger partial charge in [-0.1, -0.05) is 0 Å². The number of likely N-dealkylation sites (tertiary alicyclic amines) is 1. The van der Waals surface area contributed by atoms with Crippen molar-refractivity contribution in [2.75, 3.05) is 27.3 Å². The minimum Gasteiger partial charge on any atom is -0.494 e. The van der Waals surface area contributed by atoms with Crippen LogP contribution >= 0.6 is 11.3 Å². The second-order valence-corrected chi connectivity index (χ2v) is 7.75. The fraction of sp³-hybridized carbons (Fsp3) is 0.286. The molecule has 0 aromatic carbocycles. The number of ether oxygens (including phenoxy) is 2. The summed E-state index contributed by atoms with van der Waals surface area (Å²) in [4.78, 5) is 39.5. The molecule has 1 amide bonds. The van der Waals surface area contributed by atoms with Crippen LogP contribution < -0.4 is 9.47 Å². The third-order valence-electron chi connectivity index (χ3n) is 5.29. The normalized spacial score (nSPS) is 13.7. The molecule has 4 heterocycles. The van der Waals surface area contributed by atoms with Crippen LogP contribution in [0, 0.1) is 11.3 Å². The van der Waals surface area contributed by atoms with Gasteiger partial charge in [-0.3, -0.25) is 14.6 Å². The number of Topliss-reactive ketones (excluding diaryl/α,β-unsaturated/α-hetero) is 1. The molecule has 1 N–H and O–H groups in total. The van der Waals surface area contributed by atoms with Crippen molar-refractivity contribution in [3.05, 3.63) is 40.1 Å². The van der Waals surface area contributed by atoms with Gasteiger partial charge in [0, 0.05) is 25.5 Å². The lowest BCUT2D eigenvalue weighted by Crippen LogP contribution is -2.40. The average molecular weight is 437 g/mol. The molecule has 0 bridgehead atoms. The number of fused-ring (bicyclic) bond motifs is 1. The fourth-order valence-electron chi connectivity index (χ4n) is 3.72. The summed E-state index contributed by atoms with van der Waals surface area (Å²) in [7, 11) is 2.95. The highest BCUT2D eigenvalue weighted by atomic mass is 32.1. The van der Waals surface area contributed by atoms with Crippen molar-refractivity contribution in [3.8, 4) is 17.7 Å². The first-order valence-corrected chi connectivity index (χ1v) is 10.4. The van der Waals surface area contributed by atoms with E-state index in [4.69, 9.17) is 9.47 Å². The van der Waals surface area contributed by atoms with Gasteiger partial charge in [0.2, 0.25) is 5.88 Å². The van der Waals surface area contributed by atoms with Gasteiger partial charge in [0.25, 0.3) is 11.7 Å². The number of hydrogen-bond donors (Lipinski definition) is 1. The number of hydrogen-bond acceptors (Lipinski definition) is 8. The summed E-state index contributed by atoms with van der Waals surface area (Å²) in [6.07, 6.45) is 5.68. The Kier molecular flexibility index (Phi) is 5.68. The van der Waals surface area contributed by atoms with E-state index in [1.54, 1.807) is 11.7 Å². The van der Waals surface area contributed by atoms with E-state index in [0.717, 1.165) is 10.5 Å². The summed E-state index contributed by atoms with van der Waals surface area (Å²) in [6, 6.07) is 2.25. The van der Waals surface area contributed by atoms with Crippen molar-refractivity contribution in [2.24, 2.45) is 0 Å². The second kappa shape index (κ2) is 8.57. The van der Waals surface area contributed by atoms with E-state index in [-0.39, 0.29) is 5.56 Å². The van der Waals surface area contributed by atoms with Gasteiger partial charge in [-0.25, -0.2) is 4.98 Å². The van der Waals surface area contributed by atoms with Gasteiger partial charge in [-0.2, -0.15) is 5.26 Å². The van der Waals surface area contributed by atoms with Crippen molar-refractivity contribution in [1.29, 1.82) is 5.26 Å². The van der Waals surface area contributed by atoms with Crippen LogP contribution in [0.15, 0.2) is 29.7 Å². The maximum Gasteiger partial charge on any atom is 0.295 e. The van der Waals surface area contributed by atoms with E-state index >= 15 is 0 Å². The van der Waals surface area contributed by atoms with Crippen LogP contribution in [0.2, 0.25) is 0 Å². The van der Waals surface area contributed by atoms with Crippen LogP contribution in [0.25, 0.3) is 16.5 Å². The molecule has 1 aliphatic rings. The third kappa shape index (κ3) is 3.64. The van der Waals surface area contributed by atoms with E-state index in [9.17, 15) is 14.9 Å². The van der Waals surface area contributed by atoms with Gasteiger partial charge in [-0.05, 0) is 18.4 Å². The minimum atomic E-state index is -0.631. The summed E-state index contributed by atoms with van der Waals surface area (Å²) < 4.78 is 10.6. The highest BCUT2D eigenvalue weighted by Gasteiger charge is 2.30. The molecule has 1 aliphatic heterocycles. The SMILES string of the molecule is COc1ncc(OC)c2c(C(=O)C(=O)N3CCC(=C(C#N)c4cncs4)CC3)c[nH]c12. The number of methoxy groups -OCH3 is 2. The van der Waals surface area contributed by atoms with Crippen LogP contribution in [0.1, 0.15) is 28.1 Å². The molecule has 0 spiro atoms. The Labute approximate surface area is 181 Å². The number of rotatable bonds is 5. The van der Waals surface area contributed by atoms with Crippen molar-refractivity contribution >= 4 is 39.5 Å². The maximum atomic E-state index is 13.0. The fourth-order valence-corrected chi connectivity index (χ4v) is 4.38. The highest BCUT2D eigenvalue weighted by molar-refractivity contribution is 7.10. The first kappa shape index (κ1) is 20.6. The lowest BCUT2D eigenvalue weighted by atomic mass is 9.97. The van der Waals surface area contributed by atoms with E-state index in [0.29, 0.717) is 54.0 Å². The van der Waals surface area contributed by atoms with E-state index < -0.39 is 11.7 Å². The summed E-state index contributed by atoms with van der Waals surface area (Å²) >= 11 is 1.41. The zero-order valence-corrected chi connectivity index (χ0v) is 17.8. The Bertz CT molecular complexity index is 1210. The molecule has 9 nitrogen and oxygen atoms in total. The Morgan fingerprint density at radius 3 is 2.61 bits per heavy atom. The standard InChI is InChI=1S/C21H19N5O4S/c1-29-15-9-25-20(30-2)18-17(15)14(8-24-18)19(27)21(28)26-5-3-12(4-6-26)13(7-22)16-10-23-11-31-16/h8-11,24H,3-6H2,1-2H3. The first-order valence-electron chi connectivity index (χ1n) is 9.51. The monoisotopic (exact) mass is 437 g/mol. The largest absolute Gasteiger partial charge is 0.494 e. The summed E-state index contributed by atoms with van der Waals surface area (Å²) in [5.74, 6) is -0.537. The molecule has 0 atom stereocenters. The predicted molar refractivity (Wildman–Crippen MR) is 114 cm³/mol. The first-order chi connectivity index (χ1) is 15.1. The number of carbonyl (C=O) groups excluding carboxylic acids is 2. The molecule has 3 aromatic rings. The molecule has 0 aliphatic carbocycles. The summed E-state index contributed by atoms with van der Waals surface area (Å²) in [5, 5.41) is 10.00. The zero-order valence-electron chi connectivity index (χ0n) is 17.0. The number of piperidine rings is 1. The maximum absolute atomic E-state index is 13.0. The Hall–Kier alpha value is -3.71. The molecular weight excluding hydrogens is 418 g/mol. The predicted octanol–water partition coefficient (Wildman–Crippen LogP) is 2.82. The molecule has 0 radical (unpaired) electrons. The third-order valence-corrected chi connectivity index (χ3v) is 6.08. The number of aromatic nitrogens is 3. The number of pyridine rings is 1. The van der Waals surface area contributed by atoms with Crippen LogP contribution in [-0.4, -0.2) is 58.9 Å². The number of amides is 1. The Morgan fingerprint density at radius 2 is 2.00 bits per heavy atom. The Morgan fingerprint density at radius 1 is 1.23 bits per heavy atom. The number of carbonyl (C=O) groups is 2. The summed E-state index contributed by atoms with van der Waals surface area (Å²) in [6.45, 7) is 0.739. The topological polar surface area (TPSA) is 121 Å². The minimum absolute atomic E-state index is 0.210.